The Morgan fingerprint density at radius 1 is 0.700 bits per heavy atom. The second-order valence-corrected chi connectivity index (χ2v) is 10.1. The lowest BCUT2D eigenvalue weighted by atomic mass is 9.77. The summed E-state index contributed by atoms with van der Waals surface area (Å²) in [6.45, 7) is 4.37. The summed E-state index contributed by atoms with van der Waals surface area (Å²) in [6, 6.07) is 8.60. The summed E-state index contributed by atoms with van der Waals surface area (Å²) in [5.74, 6) is 2.57. The molecule has 0 spiro atoms. The van der Waals surface area contributed by atoms with Crippen LogP contribution in [-0.2, 0) is 12.8 Å². The molecule has 0 amide bonds. The Morgan fingerprint density at radius 2 is 1.30 bits per heavy atom. The van der Waals surface area contributed by atoms with Gasteiger partial charge < -0.3 is 33.2 Å². The minimum atomic E-state index is -0.586. The van der Waals surface area contributed by atoms with E-state index in [-0.39, 0.29) is 29.1 Å². The van der Waals surface area contributed by atoms with Gasteiger partial charge in [0.05, 0.1) is 53.2 Å². The molecule has 40 heavy (non-hydrogen) atoms. The molecule has 0 aromatic heterocycles. The highest BCUT2D eigenvalue weighted by molar-refractivity contribution is 6.34. The molecule has 0 heterocycles. The average molecular weight is 571 g/mol. The van der Waals surface area contributed by atoms with Crippen molar-refractivity contribution in [2.45, 2.75) is 26.7 Å². The van der Waals surface area contributed by atoms with Gasteiger partial charge in [0.25, 0.3) is 0 Å². The largest absolute Gasteiger partial charge is 0.497 e. The number of hydrogen-bond donors (Lipinski definition) is 0. The minimum absolute atomic E-state index is 0.174. The first-order valence-corrected chi connectivity index (χ1v) is 13.3. The first-order chi connectivity index (χ1) is 19.2. The summed E-state index contributed by atoms with van der Waals surface area (Å²) in [6.07, 6.45) is 1.31. The third-order valence-corrected chi connectivity index (χ3v) is 7.94. The van der Waals surface area contributed by atoms with Crippen LogP contribution in [-0.4, -0.2) is 48.6 Å². The Bertz CT molecular complexity index is 1400. The number of halogens is 1. The molecule has 0 radical (unpaired) electrons. The molecule has 3 aromatic carbocycles. The maximum Gasteiger partial charge on any atom is 0.343 e. The molecule has 2 unspecified atom stereocenters. The zero-order chi connectivity index (χ0) is 29.1. The number of ether oxygens (including phenoxy) is 7. The van der Waals surface area contributed by atoms with Crippen LogP contribution in [0.5, 0.6) is 40.2 Å². The van der Waals surface area contributed by atoms with Crippen LogP contribution >= 0.6 is 11.6 Å². The van der Waals surface area contributed by atoms with Crippen LogP contribution in [0.4, 0.5) is 0 Å². The number of rotatable bonds is 8. The summed E-state index contributed by atoms with van der Waals surface area (Å²) < 4.78 is 40.3. The van der Waals surface area contributed by atoms with E-state index < -0.39 is 5.97 Å². The maximum atomic E-state index is 13.5. The topological polar surface area (TPSA) is 81.7 Å². The van der Waals surface area contributed by atoms with Crippen molar-refractivity contribution in [3.63, 3.8) is 0 Å². The van der Waals surface area contributed by atoms with E-state index in [0.29, 0.717) is 57.6 Å². The normalized spacial score (nSPS) is 16.0. The summed E-state index contributed by atoms with van der Waals surface area (Å²) in [7, 11) is 9.24. The van der Waals surface area contributed by atoms with Crippen molar-refractivity contribution >= 4 is 17.6 Å². The summed E-state index contributed by atoms with van der Waals surface area (Å²) in [5, 5.41) is 0.377. The van der Waals surface area contributed by atoms with Crippen molar-refractivity contribution < 1.29 is 38.0 Å². The van der Waals surface area contributed by atoms with Crippen LogP contribution in [0, 0.1) is 11.8 Å². The van der Waals surface area contributed by atoms with Gasteiger partial charge in [-0.05, 0) is 66.1 Å². The SMILES string of the molecule is COc1ccc(C(=O)Oc2c(OC)c(OC)c(Cl)c3c2-c2c(cc(OC)c(OC)c2OC)CC(C)C(C)C3)cc1. The van der Waals surface area contributed by atoms with Crippen LogP contribution in [0.2, 0.25) is 5.02 Å². The van der Waals surface area contributed by atoms with Crippen LogP contribution in [0.3, 0.4) is 0 Å². The standard InChI is InChI=1S/C31H35ClO8/c1-16-13-19-15-22(35-4)26(36-5)27(37-6)23(19)24-21(14-17(16)2)25(32)29(38-7)30(39-8)28(24)40-31(33)18-9-11-20(34-3)12-10-18/h9-12,15-17H,13-14H2,1-8H3. The number of carbonyl (C=O) groups is 1. The van der Waals surface area contributed by atoms with Gasteiger partial charge in [-0.3, -0.25) is 0 Å². The van der Waals surface area contributed by atoms with Crippen LogP contribution in [0.15, 0.2) is 30.3 Å². The monoisotopic (exact) mass is 570 g/mol. The van der Waals surface area contributed by atoms with E-state index in [1.54, 1.807) is 52.7 Å². The zero-order valence-corrected chi connectivity index (χ0v) is 24.9. The first-order valence-electron chi connectivity index (χ1n) is 12.9. The highest BCUT2D eigenvalue weighted by Crippen LogP contribution is 2.58. The highest BCUT2D eigenvalue weighted by atomic mass is 35.5. The molecule has 0 saturated carbocycles. The fourth-order valence-electron chi connectivity index (χ4n) is 5.21. The molecule has 4 rings (SSSR count). The number of methoxy groups -OCH3 is 6. The van der Waals surface area contributed by atoms with Crippen molar-refractivity contribution in [2.75, 3.05) is 42.7 Å². The second-order valence-electron chi connectivity index (χ2n) is 9.72. The van der Waals surface area contributed by atoms with Gasteiger partial charge in [0.1, 0.15) is 5.75 Å². The fraction of sp³-hybridized carbons (Fsp3) is 0.387. The molecule has 0 aliphatic heterocycles. The van der Waals surface area contributed by atoms with Crippen LogP contribution in [0.1, 0.15) is 35.3 Å². The number of esters is 1. The van der Waals surface area contributed by atoms with Crippen molar-refractivity contribution in [1.82, 2.24) is 0 Å². The van der Waals surface area contributed by atoms with Gasteiger partial charge in [0, 0.05) is 11.1 Å². The van der Waals surface area contributed by atoms with Crippen molar-refractivity contribution in [2.24, 2.45) is 11.8 Å². The van der Waals surface area contributed by atoms with Gasteiger partial charge in [-0.1, -0.05) is 25.4 Å². The van der Waals surface area contributed by atoms with Gasteiger partial charge in [-0.15, -0.1) is 0 Å². The van der Waals surface area contributed by atoms with Crippen molar-refractivity contribution in [3.8, 4) is 51.4 Å². The Morgan fingerprint density at radius 3 is 1.85 bits per heavy atom. The van der Waals surface area contributed by atoms with Crippen LogP contribution < -0.4 is 33.2 Å². The van der Waals surface area contributed by atoms with Crippen LogP contribution in [0.25, 0.3) is 11.1 Å². The molecule has 0 N–H and O–H groups in total. The van der Waals surface area contributed by atoms with E-state index >= 15 is 0 Å². The average Bonchev–Trinajstić information content (AvgIpc) is 2.97. The first kappa shape index (κ1) is 29.2. The number of fused-ring (bicyclic) bond motifs is 3. The lowest BCUT2D eigenvalue weighted by molar-refractivity contribution is 0.0729. The third kappa shape index (κ3) is 5.08. The predicted octanol–water partition coefficient (Wildman–Crippen LogP) is 6.65. The smallest absolute Gasteiger partial charge is 0.343 e. The molecule has 3 aromatic rings. The van der Waals surface area contributed by atoms with E-state index in [0.717, 1.165) is 11.1 Å². The van der Waals surface area contributed by atoms with Gasteiger partial charge in [0.15, 0.2) is 23.0 Å². The summed E-state index contributed by atoms with van der Waals surface area (Å²) >= 11 is 7.05. The maximum absolute atomic E-state index is 13.5. The molecular weight excluding hydrogens is 536 g/mol. The Hall–Kier alpha value is -3.78. The molecule has 214 valence electrons. The van der Waals surface area contributed by atoms with Gasteiger partial charge in [0.2, 0.25) is 11.5 Å². The lowest BCUT2D eigenvalue weighted by Crippen LogP contribution is -2.20. The molecule has 0 saturated heterocycles. The lowest BCUT2D eigenvalue weighted by Gasteiger charge is -2.31. The van der Waals surface area contributed by atoms with E-state index in [4.69, 9.17) is 44.8 Å². The molecule has 8 nitrogen and oxygen atoms in total. The molecule has 1 aliphatic rings. The molecular formula is C31H35ClO8. The predicted molar refractivity (Wildman–Crippen MR) is 153 cm³/mol. The van der Waals surface area contributed by atoms with E-state index in [1.165, 1.54) is 14.2 Å². The van der Waals surface area contributed by atoms with Gasteiger partial charge in [-0.2, -0.15) is 0 Å². The molecule has 0 fully saturated rings. The van der Waals surface area contributed by atoms with Gasteiger partial charge >= 0.3 is 5.97 Å². The fourth-order valence-corrected chi connectivity index (χ4v) is 5.55. The number of carbonyl (C=O) groups excluding carboxylic acids is 1. The van der Waals surface area contributed by atoms with E-state index in [2.05, 4.69) is 13.8 Å². The quantitative estimate of drug-likeness (QED) is 0.220. The third-order valence-electron chi connectivity index (χ3n) is 7.54. The Kier molecular flexibility index (Phi) is 8.88. The van der Waals surface area contributed by atoms with E-state index in [9.17, 15) is 4.79 Å². The van der Waals surface area contributed by atoms with Crippen molar-refractivity contribution in [3.05, 3.63) is 52.0 Å². The summed E-state index contributed by atoms with van der Waals surface area (Å²) in [5.41, 5.74) is 3.28. The Balaban J connectivity index is 2.11. The molecule has 2 atom stereocenters. The number of benzene rings is 3. The summed E-state index contributed by atoms with van der Waals surface area (Å²) in [4.78, 5) is 13.5. The Labute approximate surface area is 240 Å². The molecule has 0 bridgehead atoms. The van der Waals surface area contributed by atoms with Gasteiger partial charge in [-0.25, -0.2) is 4.79 Å². The van der Waals surface area contributed by atoms with E-state index in [1.807, 2.05) is 6.07 Å². The molecule has 9 heteroatoms. The highest BCUT2D eigenvalue weighted by Gasteiger charge is 2.36. The molecule has 1 aliphatic carbocycles. The zero-order valence-electron chi connectivity index (χ0n) is 24.1. The second kappa shape index (κ2) is 12.2. The number of hydrogen-bond acceptors (Lipinski definition) is 8. The van der Waals surface area contributed by atoms with Crippen molar-refractivity contribution in [1.29, 1.82) is 0 Å². The minimum Gasteiger partial charge on any atom is -0.497 e.